The SMILES string of the molecule is O=C(N[C@@H](c1ccccc1)c1ccncc1)c1cc(=O)[nH]c2cc(F)ccc12. The molecule has 28 heavy (non-hydrogen) atoms. The molecule has 0 unspecified atom stereocenters. The summed E-state index contributed by atoms with van der Waals surface area (Å²) in [5, 5.41) is 3.46. The maximum Gasteiger partial charge on any atom is 0.252 e. The Labute approximate surface area is 159 Å². The number of benzene rings is 2. The number of aromatic amines is 1. The summed E-state index contributed by atoms with van der Waals surface area (Å²) in [5.41, 5.74) is 1.74. The maximum atomic E-state index is 13.5. The molecule has 0 saturated heterocycles. The molecule has 0 aliphatic heterocycles. The first-order chi connectivity index (χ1) is 13.6. The van der Waals surface area contributed by atoms with Crippen molar-refractivity contribution in [2.24, 2.45) is 0 Å². The van der Waals surface area contributed by atoms with E-state index in [4.69, 9.17) is 0 Å². The molecule has 2 aromatic carbocycles. The monoisotopic (exact) mass is 373 g/mol. The lowest BCUT2D eigenvalue weighted by Gasteiger charge is -2.20. The number of nitrogens with one attached hydrogen (secondary N) is 2. The van der Waals surface area contributed by atoms with Gasteiger partial charge in [-0.2, -0.15) is 0 Å². The quantitative estimate of drug-likeness (QED) is 0.574. The van der Waals surface area contributed by atoms with Crippen molar-refractivity contribution < 1.29 is 9.18 Å². The van der Waals surface area contributed by atoms with Gasteiger partial charge in [0, 0.05) is 23.8 Å². The van der Waals surface area contributed by atoms with Gasteiger partial charge in [0.2, 0.25) is 5.56 Å². The van der Waals surface area contributed by atoms with Crippen molar-refractivity contribution in [2.45, 2.75) is 6.04 Å². The second-order valence-corrected chi connectivity index (χ2v) is 6.33. The Balaban J connectivity index is 1.77. The molecule has 0 aliphatic rings. The van der Waals surface area contributed by atoms with Gasteiger partial charge >= 0.3 is 0 Å². The second kappa shape index (κ2) is 7.44. The van der Waals surface area contributed by atoms with Crippen LogP contribution in [0.25, 0.3) is 10.9 Å². The van der Waals surface area contributed by atoms with E-state index in [1.165, 1.54) is 24.3 Å². The highest BCUT2D eigenvalue weighted by molar-refractivity contribution is 6.06. The minimum atomic E-state index is -0.486. The Morgan fingerprint density at radius 1 is 0.964 bits per heavy atom. The van der Waals surface area contributed by atoms with Gasteiger partial charge in [-0.3, -0.25) is 14.6 Å². The molecule has 6 heteroatoms. The summed E-state index contributed by atoms with van der Waals surface area (Å²) in [7, 11) is 0. The van der Waals surface area contributed by atoms with Gasteiger partial charge in [0.1, 0.15) is 5.82 Å². The fourth-order valence-corrected chi connectivity index (χ4v) is 3.19. The van der Waals surface area contributed by atoms with Gasteiger partial charge in [0.15, 0.2) is 0 Å². The van der Waals surface area contributed by atoms with Crippen LogP contribution in [-0.2, 0) is 0 Å². The van der Waals surface area contributed by atoms with Crippen molar-refractivity contribution in [1.82, 2.24) is 15.3 Å². The van der Waals surface area contributed by atoms with Crippen molar-refractivity contribution in [2.75, 3.05) is 0 Å². The number of fused-ring (bicyclic) bond motifs is 1. The number of H-pyrrole nitrogens is 1. The van der Waals surface area contributed by atoms with E-state index in [9.17, 15) is 14.0 Å². The molecule has 0 radical (unpaired) electrons. The summed E-state index contributed by atoms with van der Waals surface area (Å²) < 4.78 is 13.5. The lowest BCUT2D eigenvalue weighted by Crippen LogP contribution is -2.30. The van der Waals surface area contributed by atoms with Crippen molar-refractivity contribution in [1.29, 1.82) is 0 Å². The number of hydrogen-bond acceptors (Lipinski definition) is 3. The molecule has 0 fully saturated rings. The van der Waals surface area contributed by atoms with Gasteiger partial charge in [0.05, 0.1) is 17.1 Å². The van der Waals surface area contributed by atoms with Crippen LogP contribution in [-0.4, -0.2) is 15.9 Å². The molecule has 4 aromatic rings. The molecule has 4 rings (SSSR count). The number of pyridine rings is 2. The van der Waals surface area contributed by atoms with Crippen molar-refractivity contribution in [3.05, 3.63) is 112 Å². The minimum Gasteiger partial charge on any atom is -0.341 e. The lowest BCUT2D eigenvalue weighted by atomic mass is 9.99. The zero-order valence-electron chi connectivity index (χ0n) is 14.7. The Bertz CT molecular complexity index is 1150. The molecular weight excluding hydrogens is 357 g/mol. The average molecular weight is 373 g/mol. The Morgan fingerprint density at radius 3 is 2.43 bits per heavy atom. The Hall–Kier alpha value is -3.80. The molecule has 0 saturated carbocycles. The molecule has 2 N–H and O–H groups in total. The molecule has 2 aromatic heterocycles. The smallest absolute Gasteiger partial charge is 0.252 e. The predicted molar refractivity (Wildman–Crippen MR) is 105 cm³/mol. The van der Waals surface area contributed by atoms with E-state index < -0.39 is 23.3 Å². The van der Waals surface area contributed by atoms with Crippen LogP contribution < -0.4 is 10.9 Å². The number of carbonyl (C=O) groups excluding carboxylic acids is 1. The van der Waals surface area contributed by atoms with E-state index in [-0.39, 0.29) is 11.1 Å². The summed E-state index contributed by atoms with van der Waals surface area (Å²) in [4.78, 5) is 31.6. The maximum absolute atomic E-state index is 13.5. The molecule has 5 nitrogen and oxygen atoms in total. The summed E-state index contributed by atoms with van der Waals surface area (Å²) >= 11 is 0. The molecule has 138 valence electrons. The highest BCUT2D eigenvalue weighted by atomic mass is 19.1. The highest BCUT2D eigenvalue weighted by Gasteiger charge is 2.20. The van der Waals surface area contributed by atoms with Gasteiger partial charge < -0.3 is 10.3 Å². The van der Waals surface area contributed by atoms with Crippen LogP contribution in [0.3, 0.4) is 0 Å². The van der Waals surface area contributed by atoms with Gasteiger partial charge in [-0.15, -0.1) is 0 Å². The highest BCUT2D eigenvalue weighted by Crippen LogP contribution is 2.23. The van der Waals surface area contributed by atoms with Gasteiger partial charge in [-0.05, 0) is 41.5 Å². The predicted octanol–water partition coefficient (Wildman–Crippen LogP) is 3.58. The lowest BCUT2D eigenvalue weighted by molar-refractivity contribution is 0.0944. The van der Waals surface area contributed by atoms with E-state index in [0.29, 0.717) is 5.39 Å². The summed E-state index contributed by atoms with van der Waals surface area (Å²) in [6, 6.07) is 17.9. The van der Waals surface area contributed by atoms with Crippen LogP contribution in [0.5, 0.6) is 0 Å². The van der Waals surface area contributed by atoms with Crippen molar-refractivity contribution in [3.8, 4) is 0 Å². The van der Waals surface area contributed by atoms with E-state index in [0.717, 1.165) is 11.1 Å². The Morgan fingerprint density at radius 2 is 1.68 bits per heavy atom. The fraction of sp³-hybridized carbons (Fsp3) is 0.0455. The number of aromatic nitrogens is 2. The van der Waals surface area contributed by atoms with Crippen LogP contribution in [0.15, 0.2) is 83.9 Å². The van der Waals surface area contributed by atoms with E-state index in [1.807, 2.05) is 42.5 Å². The third-order valence-corrected chi connectivity index (χ3v) is 4.50. The third-order valence-electron chi connectivity index (χ3n) is 4.50. The van der Waals surface area contributed by atoms with Gasteiger partial charge in [-0.25, -0.2) is 4.39 Å². The van der Waals surface area contributed by atoms with E-state index in [1.54, 1.807) is 12.4 Å². The number of hydrogen-bond donors (Lipinski definition) is 2. The fourth-order valence-electron chi connectivity index (χ4n) is 3.19. The van der Waals surface area contributed by atoms with Crippen molar-refractivity contribution in [3.63, 3.8) is 0 Å². The van der Waals surface area contributed by atoms with Crippen LogP contribution in [0.1, 0.15) is 27.5 Å². The number of nitrogens with zero attached hydrogens (tertiary/aromatic N) is 1. The summed E-state index contributed by atoms with van der Waals surface area (Å²) in [5.74, 6) is -0.909. The molecule has 0 bridgehead atoms. The average Bonchev–Trinajstić information content (AvgIpc) is 2.72. The largest absolute Gasteiger partial charge is 0.341 e. The normalized spacial score (nSPS) is 11.9. The summed E-state index contributed by atoms with van der Waals surface area (Å²) in [6.07, 6.45) is 3.31. The molecular formula is C22H16FN3O2. The van der Waals surface area contributed by atoms with Crippen LogP contribution >= 0.6 is 0 Å². The number of rotatable bonds is 4. The first kappa shape index (κ1) is 17.6. The molecule has 1 amide bonds. The van der Waals surface area contributed by atoms with Crippen LogP contribution in [0.2, 0.25) is 0 Å². The van der Waals surface area contributed by atoms with Gasteiger partial charge in [-0.1, -0.05) is 30.3 Å². The molecule has 2 heterocycles. The molecule has 1 atom stereocenters. The molecule has 0 aliphatic carbocycles. The second-order valence-electron chi connectivity index (χ2n) is 6.33. The number of halogens is 1. The topological polar surface area (TPSA) is 74.8 Å². The Kier molecular flexibility index (Phi) is 4.68. The third kappa shape index (κ3) is 3.53. The van der Waals surface area contributed by atoms with E-state index >= 15 is 0 Å². The van der Waals surface area contributed by atoms with Crippen LogP contribution in [0.4, 0.5) is 4.39 Å². The molecule has 0 spiro atoms. The van der Waals surface area contributed by atoms with Crippen molar-refractivity contribution >= 4 is 16.8 Å². The first-order valence-electron chi connectivity index (χ1n) is 8.70. The zero-order chi connectivity index (χ0) is 19.5. The number of carbonyl (C=O) groups is 1. The van der Waals surface area contributed by atoms with Gasteiger partial charge in [0.25, 0.3) is 5.91 Å². The first-order valence-corrected chi connectivity index (χ1v) is 8.70. The van der Waals surface area contributed by atoms with Crippen LogP contribution in [0, 0.1) is 5.82 Å². The standard InChI is InChI=1S/C22H16FN3O2/c23-16-6-7-17-18(13-20(27)25-19(17)12-16)22(28)26-21(14-4-2-1-3-5-14)15-8-10-24-11-9-15/h1-13,21H,(H,25,27)(H,26,28)/t21-/m0/s1. The summed E-state index contributed by atoms with van der Waals surface area (Å²) in [6.45, 7) is 0. The van der Waals surface area contributed by atoms with E-state index in [2.05, 4.69) is 15.3 Å². The number of amides is 1. The zero-order valence-corrected chi connectivity index (χ0v) is 14.7. The minimum absolute atomic E-state index is 0.189.